The van der Waals surface area contributed by atoms with Gasteiger partial charge in [-0.3, -0.25) is 19.3 Å². The van der Waals surface area contributed by atoms with Gasteiger partial charge >= 0.3 is 0 Å². The molecule has 0 unspecified atom stereocenters. The summed E-state index contributed by atoms with van der Waals surface area (Å²) in [6, 6.07) is 8.20. The van der Waals surface area contributed by atoms with Crippen molar-refractivity contribution in [2.45, 2.75) is 32.2 Å². The molecule has 2 amide bonds. The van der Waals surface area contributed by atoms with Crippen LogP contribution in [-0.2, 0) is 20.8 Å². The maximum atomic E-state index is 12.2. The Balaban J connectivity index is 1.41. The lowest BCUT2D eigenvalue weighted by atomic mass is 10.0. The third-order valence-electron chi connectivity index (χ3n) is 5.00. The fourth-order valence-corrected chi connectivity index (χ4v) is 3.20. The first-order valence-electron chi connectivity index (χ1n) is 8.92. The van der Waals surface area contributed by atoms with Crippen molar-refractivity contribution < 1.29 is 14.4 Å². The summed E-state index contributed by atoms with van der Waals surface area (Å²) in [7, 11) is 0. The van der Waals surface area contributed by atoms with Crippen molar-refractivity contribution in [1.29, 1.82) is 0 Å². The van der Waals surface area contributed by atoms with E-state index in [1.807, 2.05) is 31.2 Å². The Kier molecular flexibility index (Phi) is 5.48. The molecule has 1 aliphatic heterocycles. The Morgan fingerprint density at radius 2 is 1.76 bits per heavy atom. The van der Waals surface area contributed by atoms with Gasteiger partial charge in [0, 0.05) is 38.6 Å². The average molecular weight is 343 g/mol. The first-order chi connectivity index (χ1) is 12.0. The molecular weight excluding hydrogens is 318 g/mol. The number of rotatable bonds is 6. The van der Waals surface area contributed by atoms with Crippen LogP contribution >= 0.6 is 0 Å². The molecule has 0 bridgehead atoms. The Morgan fingerprint density at radius 3 is 2.40 bits per heavy atom. The highest BCUT2D eigenvalue weighted by molar-refractivity contribution is 6.36. The van der Waals surface area contributed by atoms with Crippen LogP contribution in [0.4, 0.5) is 0 Å². The number of amides is 2. The van der Waals surface area contributed by atoms with Crippen LogP contribution in [0.25, 0.3) is 0 Å². The van der Waals surface area contributed by atoms with Crippen molar-refractivity contribution >= 4 is 17.6 Å². The van der Waals surface area contributed by atoms with Crippen molar-refractivity contribution in [1.82, 2.24) is 15.1 Å². The molecule has 25 heavy (non-hydrogen) atoms. The van der Waals surface area contributed by atoms with Crippen molar-refractivity contribution in [3.63, 3.8) is 0 Å². The second-order valence-corrected chi connectivity index (χ2v) is 6.86. The minimum absolute atomic E-state index is 0.0623. The second kappa shape index (κ2) is 7.78. The number of nitrogens with zero attached hydrogens (tertiary/aromatic N) is 2. The number of benzene rings is 1. The Labute approximate surface area is 148 Å². The van der Waals surface area contributed by atoms with Crippen LogP contribution in [0.15, 0.2) is 24.3 Å². The van der Waals surface area contributed by atoms with Crippen LogP contribution < -0.4 is 5.32 Å². The molecule has 1 saturated carbocycles. The van der Waals surface area contributed by atoms with Crippen LogP contribution in [0.2, 0.25) is 0 Å². The van der Waals surface area contributed by atoms with E-state index in [0.717, 1.165) is 30.3 Å². The van der Waals surface area contributed by atoms with Gasteiger partial charge in [0.1, 0.15) is 0 Å². The third kappa shape index (κ3) is 4.66. The number of hydrogen-bond donors (Lipinski definition) is 1. The van der Waals surface area contributed by atoms with Crippen molar-refractivity contribution in [3.8, 4) is 0 Å². The smallest absolute Gasteiger partial charge is 0.288 e. The van der Waals surface area contributed by atoms with E-state index in [1.54, 1.807) is 4.90 Å². The van der Waals surface area contributed by atoms with Gasteiger partial charge in [0.15, 0.2) is 0 Å². The summed E-state index contributed by atoms with van der Waals surface area (Å²) in [5.41, 5.74) is 1.82. The molecule has 3 rings (SSSR count). The average Bonchev–Trinajstić information content (AvgIpc) is 3.46. The lowest BCUT2D eigenvalue weighted by Crippen LogP contribution is -2.52. The van der Waals surface area contributed by atoms with Gasteiger partial charge in [0.25, 0.3) is 5.91 Å². The summed E-state index contributed by atoms with van der Waals surface area (Å²) in [6.07, 6.45) is 2.60. The third-order valence-corrected chi connectivity index (χ3v) is 5.00. The number of carbonyl (C=O) groups is 3. The fourth-order valence-electron chi connectivity index (χ4n) is 3.20. The SMILES string of the molecule is Cc1ccccc1CC(=O)C(=O)NCC(=O)N1CCN(C2CC2)CC1. The standard InChI is InChI=1S/C19H25N3O3/c1-14-4-2-3-5-15(14)12-17(23)19(25)20-13-18(24)22-10-8-21(9-11-22)16-6-7-16/h2-5,16H,6-13H2,1H3,(H,20,25). The van der Waals surface area contributed by atoms with E-state index in [-0.39, 0.29) is 18.9 Å². The zero-order valence-electron chi connectivity index (χ0n) is 14.7. The monoisotopic (exact) mass is 343 g/mol. The molecule has 134 valence electrons. The normalized spacial score (nSPS) is 18.0. The Morgan fingerprint density at radius 1 is 1.08 bits per heavy atom. The Hall–Kier alpha value is -2.21. The van der Waals surface area contributed by atoms with Gasteiger partial charge < -0.3 is 10.2 Å². The van der Waals surface area contributed by atoms with E-state index in [2.05, 4.69) is 10.2 Å². The van der Waals surface area contributed by atoms with Gasteiger partial charge in [0.2, 0.25) is 11.7 Å². The number of ketones is 1. The number of hydrogen-bond acceptors (Lipinski definition) is 4. The van der Waals surface area contributed by atoms with Crippen molar-refractivity contribution in [2.24, 2.45) is 0 Å². The molecule has 0 atom stereocenters. The molecule has 2 aliphatic rings. The van der Waals surface area contributed by atoms with Crippen molar-refractivity contribution in [2.75, 3.05) is 32.7 Å². The molecule has 1 aromatic rings. The predicted molar refractivity (Wildman–Crippen MR) is 94.1 cm³/mol. The first-order valence-corrected chi connectivity index (χ1v) is 8.92. The lowest BCUT2D eigenvalue weighted by Gasteiger charge is -2.34. The minimum Gasteiger partial charge on any atom is -0.340 e. The second-order valence-electron chi connectivity index (χ2n) is 6.86. The zero-order chi connectivity index (χ0) is 17.8. The molecule has 2 fully saturated rings. The van der Waals surface area contributed by atoms with Crippen LogP contribution in [0.1, 0.15) is 24.0 Å². The Bertz CT molecular complexity index is 662. The molecule has 1 N–H and O–H groups in total. The van der Waals surface area contributed by atoms with Gasteiger partial charge in [-0.2, -0.15) is 0 Å². The van der Waals surface area contributed by atoms with Crippen LogP contribution in [0.3, 0.4) is 0 Å². The highest BCUT2D eigenvalue weighted by atomic mass is 16.2. The van der Waals surface area contributed by atoms with Crippen LogP contribution in [0, 0.1) is 6.92 Å². The predicted octanol–water partition coefficient (Wildman–Crippen LogP) is 0.529. The quantitative estimate of drug-likeness (QED) is 0.765. The molecule has 6 heteroatoms. The maximum Gasteiger partial charge on any atom is 0.288 e. The largest absolute Gasteiger partial charge is 0.340 e. The van der Waals surface area contributed by atoms with E-state index in [1.165, 1.54) is 12.8 Å². The highest BCUT2D eigenvalue weighted by Gasteiger charge is 2.32. The number of carbonyl (C=O) groups excluding carboxylic acids is 3. The molecule has 1 saturated heterocycles. The molecule has 0 radical (unpaired) electrons. The summed E-state index contributed by atoms with van der Waals surface area (Å²) in [6.45, 7) is 4.99. The van der Waals surface area contributed by atoms with Crippen LogP contribution in [-0.4, -0.2) is 66.2 Å². The minimum atomic E-state index is -0.687. The highest BCUT2D eigenvalue weighted by Crippen LogP contribution is 2.27. The zero-order valence-corrected chi connectivity index (χ0v) is 14.7. The summed E-state index contributed by atoms with van der Waals surface area (Å²) < 4.78 is 0. The van der Waals surface area contributed by atoms with E-state index in [9.17, 15) is 14.4 Å². The molecule has 1 heterocycles. The molecule has 6 nitrogen and oxygen atoms in total. The number of aryl methyl sites for hydroxylation is 1. The fraction of sp³-hybridized carbons (Fsp3) is 0.526. The van der Waals surface area contributed by atoms with Gasteiger partial charge in [-0.25, -0.2) is 0 Å². The summed E-state index contributed by atoms with van der Waals surface area (Å²) in [5, 5.41) is 2.47. The van der Waals surface area contributed by atoms with Gasteiger partial charge in [0.05, 0.1) is 6.54 Å². The summed E-state index contributed by atoms with van der Waals surface area (Å²) in [5.74, 6) is -1.32. The summed E-state index contributed by atoms with van der Waals surface area (Å²) >= 11 is 0. The molecule has 1 aliphatic carbocycles. The first kappa shape index (κ1) is 17.6. The number of nitrogens with one attached hydrogen (secondary N) is 1. The number of piperazine rings is 1. The molecule has 1 aromatic carbocycles. The topological polar surface area (TPSA) is 69.7 Å². The van der Waals surface area contributed by atoms with Gasteiger partial charge in [-0.05, 0) is 30.9 Å². The van der Waals surface area contributed by atoms with E-state index >= 15 is 0 Å². The van der Waals surface area contributed by atoms with E-state index in [4.69, 9.17) is 0 Å². The van der Waals surface area contributed by atoms with E-state index < -0.39 is 11.7 Å². The molecule has 0 spiro atoms. The lowest BCUT2D eigenvalue weighted by molar-refractivity contribution is -0.139. The molecular formula is C19H25N3O3. The maximum absolute atomic E-state index is 12.2. The van der Waals surface area contributed by atoms with Gasteiger partial charge in [-0.15, -0.1) is 0 Å². The molecule has 0 aromatic heterocycles. The van der Waals surface area contributed by atoms with Gasteiger partial charge in [-0.1, -0.05) is 24.3 Å². The number of Topliss-reactive ketones (excluding diaryl/α,β-unsaturated/α-hetero) is 1. The van der Waals surface area contributed by atoms with Crippen LogP contribution in [0.5, 0.6) is 0 Å². The summed E-state index contributed by atoms with van der Waals surface area (Å²) in [4.78, 5) is 40.4. The van der Waals surface area contributed by atoms with E-state index in [0.29, 0.717) is 13.1 Å². The van der Waals surface area contributed by atoms with Crippen molar-refractivity contribution in [3.05, 3.63) is 35.4 Å².